The standard InChI is InChI=1S/C23H29BrN2O3S2/c1-18-5-7-19(8-6-18)16-30-14-11-25-23(27)21-9-12-26(13-10-21)31(28,29)17-20-3-2-4-22(24)15-20/h2-8,15,21H,9-14,16-17H2,1H3,(H,25,27). The van der Waals surface area contributed by atoms with Crippen molar-refractivity contribution < 1.29 is 13.2 Å². The second-order valence-corrected chi connectivity index (χ2v) is 11.9. The molecule has 0 aliphatic carbocycles. The molecule has 0 aromatic heterocycles. The molecule has 1 fully saturated rings. The summed E-state index contributed by atoms with van der Waals surface area (Å²) in [5.74, 6) is 1.71. The Morgan fingerprint density at radius 3 is 2.52 bits per heavy atom. The zero-order valence-corrected chi connectivity index (χ0v) is 20.9. The van der Waals surface area contributed by atoms with E-state index in [1.165, 1.54) is 15.4 Å². The number of nitrogens with one attached hydrogen (secondary N) is 1. The van der Waals surface area contributed by atoms with Crippen molar-refractivity contribution in [3.05, 3.63) is 69.7 Å². The maximum Gasteiger partial charge on any atom is 0.223 e. The summed E-state index contributed by atoms with van der Waals surface area (Å²) in [6.07, 6.45) is 1.14. The van der Waals surface area contributed by atoms with Gasteiger partial charge in [-0.2, -0.15) is 11.8 Å². The van der Waals surface area contributed by atoms with E-state index in [1.807, 2.05) is 24.3 Å². The van der Waals surface area contributed by atoms with Crippen LogP contribution in [0.3, 0.4) is 0 Å². The molecule has 0 atom stereocenters. The molecule has 1 aliphatic heterocycles. The summed E-state index contributed by atoms with van der Waals surface area (Å²) >= 11 is 5.18. The van der Waals surface area contributed by atoms with Gasteiger partial charge >= 0.3 is 0 Å². The third-order valence-corrected chi connectivity index (χ3v) is 8.76. The summed E-state index contributed by atoms with van der Waals surface area (Å²) in [5.41, 5.74) is 3.31. The van der Waals surface area contributed by atoms with Crippen LogP contribution in [-0.4, -0.2) is 44.0 Å². The molecule has 0 spiro atoms. The van der Waals surface area contributed by atoms with Crippen LogP contribution in [0.2, 0.25) is 0 Å². The Morgan fingerprint density at radius 1 is 1.13 bits per heavy atom. The van der Waals surface area contributed by atoms with Gasteiger partial charge in [0.1, 0.15) is 0 Å². The Labute approximate surface area is 198 Å². The average Bonchev–Trinajstić information content (AvgIpc) is 2.74. The predicted octanol–water partition coefficient (Wildman–Crippen LogP) is 4.35. The molecule has 3 rings (SSSR count). The Bertz CT molecular complexity index is 973. The third-order valence-electron chi connectivity index (χ3n) is 5.39. The Balaban J connectivity index is 1.36. The number of benzene rings is 2. The molecule has 1 N–H and O–H groups in total. The van der Waals surface area contributed by atoms with E-state index in [1.54, 1.807) is 11.8 Å². The largest absolute Gasteiger partial charge is 0.355 e. The van der Waals surface area contributed by atoms with Crippen molar-refractivity contribution in [2.75, 3.05) is 25.4 Å². The summed E-state index contributed by atoms with van der Waals surface area (Å²) in [4.78, 5) is 12.5. The van der Waals surface area contributed by atoms with Gasteiger partial charge < -0.3 is 5.32 Å². The zero-order chi connectivity index (χ0) is 22.3. The average molecular weight is 526 g/mol. The van der Waals surface area contributed by atoms with E-state index in [0.29, 0.717) is 32.5 Å². The van der Waals surface area contributed by atoms with Gasteiger partial charge in [-0.3, -0.25) is 4.79 Å². The molecular weight excluding hydrogens is 496 g/mol. The van der Waals surface area contributed by atoms with E-state index in [-0.39, 0.29) is 17.6 Å². The molecule has 168 valence electrons. The second-order valence-electron chi connectivity index (χ2n) is 7.89. The van der Waals surface area contributed by atoms with Gasteiger partial charge in [0.15, 0.2) is 0 Å². The smallest absolute Gasteiger partial charge is 0.223 e. The molecule has 2 aromatic rings. The van der Waals surface area contributed by atoms with Crippen LogP contribution in [0.25, 0.3) is 0 Å². The SMILES string of the molecule is Cc1ccc(CSCCNC(=O)C2CCN(S(=O)(=O)Cc3cccc(Br)c3)CC2)cc1. The number of hydrogen-bond acceptors (Lipinski definition) is 4. The summed E-state index contributed by atoms with van der Waals surface area (Å²) in [5, 5.41) is 3.01. The van der Waals surface area contributed by atoms with Gasteiger partial charge in [-0.15, -0.1) is 0 Å². The topological polar surface area (TPSA) is 66.5 Å². The number of piperidine rings is 1. The molecule has 1 saturated heterocycles. The first-order chi connectivity index (χ1) is 14.8. The highest BCUT2D eigenvalue weighted by Gasteiger charge is 2.31. The van der Waals surface area contributed by atoms with Crippen LogP contribution in [0.5, 0.6) is 0 Å². The lowest BCUT2D eigenvalue weighted by Gasteiger charge is -2.30. The number of nitrogens with zero attached hydrogens (tertiary/aromatic N) is 1. The molecular formula is C23H29BrN2O3S2. The maximum atomic E-state index is 12.7. The molecule has 0 unspecified atom stereocenters. The van der Waals surface area contributed by atoms with Gasteiger partial charge in [0.05, 0.1) is 5.75 Å². The van der Waals surface area contributed by atoms with Crippen molar-refractivity contribution >= 4 is 43.6 Å². The number of thioether (sulfide) groups is 1. The summed E-state index contributed by atoms with van der Waals surface area (Å²) in [6.45, 7) is 3.51. The molecule has 1 amide bonds. The Kier molecular flexibility index (Phi) is 9.01. The number of rotatable bonds is 9. The van der Waals surface area contributed by atoms with E-state index in [2.05, 4.69) is 52.4 Å². The van der Waals surface area contributed by atoms with Crippen molar-refractivity contribution in [1.82, 2.24) is 9.62 Å². The van der Waals surface area contributed by atoms with Crippen molar-refractivity contribution in [3.63, 3.8) is 0 Å². The van der Waals surface area contributed by atoms with E-state index in [4.69, 9.17) is 0 Å². The maximum absolute atomic E-state index is 12.7. The van der Waals surface area contributed by atoms with Crippen molar-refractivity contribution in [1.29, 1.82) is 0 Å². The van der Waals surface area contributed by atoms with E-state index in [0.717, 1.165) is 21.5 Å². The minimum absolute atomic E-state index is 0.0124. The highest BCUT2D eigenvalue weighted by molar-refractivity contribution is 9.10. The second kappa shape index (κ2) is 11.5. The number of hydrogen-bond donors (Lipinski definition) is 1. The normalized spacial score (nSPS) is 15.7. The van der Waals surface area contributed by atoms with Crippen LogP contribution < -0.4 is 5.32 Å². The molecule has 2 aromatic carbocycles. The fourth-order valence-corrected chi connectivity index (χ4v) is 6.41. The quantitative estimate of drug-likeness (QED) is 0.495. The first-order valence-electron chi connectivity index (χ1n) is 10.5. The molecule has 1 heterocycles. The van der Waals surface area contributed by atoms with Gasteiger partial charge in [-0.1, -0.05) is 57.9 Å². The molecule has 31 heavy (non-hydrogen) atoms. The van der Waals surface area contributed by atoms with Gasteiger partial charge in [0.2, 0.25) is 15.9 Å². The van der Waals surface area contributed by atoms with Crippen LogP contribution in [0.1, 0.15) is 29.5 Å². The van der Waals surface area contributed by atoms with Crippen LogP contribution in [0.15, 0.2) is 53.0 Å². The fourth-order valence-electron chi connectivity index (χ4n) is 3.59. The van der Waals surface area contributed by atoms with Crippen LogP contribution in [0, 0.1) is 12.8 Å². The summed E-state index contributed by atoms with van der Waals surface area (Å²) in [7, 11) is -3.38. The molecule has 0 bridgehead atoms. The lowest BCUT2D eigenvalue weighted by Crippen LogP contribution is -2.43. The number of sulfonamides is 1. The Morgan fingerprint density at radius 2 is 1.84 bits per heavy atom. The van der Waals surface area contributed by atoms with E-state index in [9.17, 15) is 13.2 Å². The first kappa shape index (κ1) is 24.3. The van der Waals surface area contributed by atoms with E-state index < -0.39 is 10.0 Å². The number of carbonyl (C=O) groups excluding carboxylic acids is 1. The molecule has 8 heteroatoms. The number of carbonyl (C=O) groups is 1. The van der Waals surface area contributed by atoms with Crippen LogP contribution in [-0.2, 0) is 26.3 Å². The summed E-state index contributed by atoms with van der Waals surface area (Å²) < 4.78 is 27.9. The van der Waals surface area contributed by atoms with E-state index >= 15 is 0 Å². The van der Waals surface area contributed by atoms with Gasteiger partial charge in [-0.25, -0.2) is 12.7 Å². The molecule has 5 nitrogen and oxygen atoms in total. The summed E-state index contributed by atoms with van der Waals surface area (Å²) in [6, 6.07) is 15.9. The monoisotopic (exact) mass is 524 g/mol. The zero-order valence-electron chi connectivity index (χ0n) is 17.7. The minimum Gasteiger partial charge on any atom is -0.355 e. The van der Waals surface area contributed by atoms with Crippen molar-refractivity contribution in [2.24, 2.45) is 5.92 Å². The molecule has 0 saturated carbocycles. The van der Waals surface area contributed by atoms with Crippen LogP contribution >= 0.6 is 27.7 Å². The number of aryl methyl sites for hydroxylation is 1. The molecule has 1 aliphatic rings. The number of halogens is 1. The van der Waals surface area contributed by atoms with Crippen molar-refractivity contribution in [3.8, 4) is 0 Å². The Hall–Kier alpha value is -1.35. The minimum atomic E-state index is -3.38. The first-order valence-corrected chi connectivity index (χ1v) is 14.0. The highest BCUT2D eigenvalue weighted by atomic mass is 79.9. The third kappa shape index (κ3) is 7.63. The lowest BCUT2D eigenvalue weighted by atomic mass is 9.97. The number of amides is 1. The molecule has 0 radical (unpaired) electrons. The highest BCUT2D eigenvalue weighted by Crippen LogP contribution is 2.23. The van der Waals surface area contributed by atoms with Crippen LogP contribution in [0.4, 0.5) is 0 Å². The van der Waals surface area contributed by atoms with Gasteiger partial charge in [0.25, 0.3) is 0 Å². The van der Waals surface area contributed by atoms with Gasteiger partial charge in [-0.05, 0) is 43.0 Å². The van der Waals surface area contributed by atoms with Crippen molar-refractivity contribution in [2.45, 2.75) is 31.3 Å². The van der Waals surface area contributed by atoms with Gasteiger partial charge in [0, 0.05) is 41.5 Å². The lowest BCUT2D eigenvalue weighted by molar-refractivity contribution is -0.125. The predicted molar refractivity (Wildman–Crippen MR) is 131 cm³/mol. The fraction of sp³-hybridized carbons (Fsp3) is 0.435.